The Balaban J connectivity index is 2.94. The van der Waals surface area contributed by atoms with E-state index in [1.54, 1.807) is 36.4 Å². The first-order valence-corrected chi connectivity index (χ1v) is 3.96. The van der Waals surface area contributed by atoms with Gasteiger partial charge in [-0.05, 0) is 18.2 Å². The number of hydrogen-bond donors (Lipinski definition) is 0. The molecule has 0 saturated heterocycles. The normalized spacial score (nSPS) is 9.57. The van der Waals surface area contributed by atoms with Crippen LogP contribution < -0.4 is 4.74 Å². The van der Waals surface area contributed by atoms with E-state index in [4.69, 9.17) is 15.3 Å². The third-order valence-electron chi connectivity index (χ3n) is 1.64. The molecule has 0 N–H and O–H groups in total. The van der Waals surface area contributed by atoms with Crippen molar-refractivity contribution >= 4 is 0 Å². The summed E-state index contributed by atoms with van der Waals surface area (Å²) in [4.78, 5) is 0. The summed E-state index contributed by atoms with van der Waals surface area (Å²) in [6, 6.07) is 12.2. The minimum atomic E-state index is -1.60. The summed E-state index contributed by atoms with van der Waals surface area (Å²) in [6.07, 6.45) is 1.18. The average molecular weight is 184 g/mol. The van der Waals surface area contributed by atoms with E-state index in [9.17, 15) is 0 Å². The Bertz CT molecular complexity index is 384. The van der Waals surface area contributed by atoms with Crippen LogP contribution in [0.4, 0.5) is 0 Å². The van der Waals surface area contributed by atoms with Crippen molar-refractivity contribution in [2.24, 2.45) is 0 Å². The Kier molecular flexibility index (Phi) is 2.89. The number of hydrogen-bond acceptors (Lipinski definition) is 3. The largest absolute Gasteiger partial charge is 0.456 e. The first kappa shape index (κ1) is 9.83. The van der Waals surface area contributed by atoms with Crippen LogP contribution in [-0.4, -0.2) is 5.60 Å². The minimum absolute atomic E-state index is 0.468. The minimum Gasteiger partial charge on any atom is -0.456 e. The maximum absolute atomic E-state index is 8.77. The van der Waals surface area contributed by atoms with Gasteiger partial charge in [0.1, 0.15) is 17.9 Å². The molecule has 0 aromatic heterocycles. The fourth-order valence-electron chi connectivity index (χ4n) is 0.878. The summed E-state index contributed by atoms with van der Waals surface area (Å²) in [7, 11) is 0. The first-order valence-electron chi connectivity index (χ1n) is 3.96. The SMILES string of the molecule is C=CC(C#N)(C#N)Oc1ccccc1. The summed E-state index contributed by atoms with van der Waals surface area (Å²) in [5.74, 6) is 0.468. The van der Waals surface area contributed by atoms with Gasteiger partial charge in [-0.3, -0.25) is 0 Å². The Labute approximate surface area is 82.5 Å². The van der Waals surface area contributed by atoms with Crippen molar-refractivity contribution in [1.29, 1.82) is 10.5 Å². The predicted octanol–water partition coefficient (Wildman–Crippen LogP) is 2.04. The maximum Gasteiger partial charge on any atom is 0.298 e. The van der Waals surface area contributed by atoms with Gasteiger partial charge in [-0.25, -0.2) is 0 Å². The van der Waals surface area contributed by atoms with Crippen LogP contribution in [0.15, 0.2) is 43.0 Å². The van der Waals surface area contributed by atoms with Crippen molar-refractivity contribution < 1.29 is 4.74 Å². The lowest BCUT2D eigenvalue weighted by atomic mass is 10.1. The van der Waals surface area contributed by atoms with Crippen LogP contribution in [0.1, 0.15) is 0 Å². The fourth-order valence-corrected chi connectivity index (χ4v) is 0.878. The Morgan fingerprint density at radius 1 is 1.21 bits per heavy atom. The van der Waals surface area contributed by atoms with Crippen LogP contribution >= 0.6 is 0 Å². The Morgan fingerprint density at radius 3 is 2.21 bits per heavy atom. The topological polar surface area (TPSA) is 56.8 Å². The monoisotopic (exact) mass is 184 g/mol. The van der Waals surface area contributed by atoms with E-state index >= 15 is 0 Å². The molecule has 0 radical (unpaired) electrons. The molecule has 1 aromatic carbocycles. The highest BCUT2D eigenvalue weighted by Crippen LogP contribution is 2.17. The van der Waals surface area contributed by atoms with E-state index in [-0.39, 0.29) is 0 Å². The van der Waals surface area contributed by atoms with Gasteiger partial charge in [0.2, 0.25) is 0 Å². The molecule has 0 saturated carbocycles. The van der Waals surface area contributed by atoms with E-state index in [0.717, 1.165) is 0 Å². The molecule has 0 heterocycles. The zero-order valence-electron chi connectivity index (χ0n) is 7.47. The van der Waals surface area contributed by atoms with Crippen LogP contribution in [0, 0.1) is 22.7 Å². The summed E-state index contributed by atoms with van der Waals surface area (Å²) in [5.41, 5.74) is -1.60. The molecule has 3 nitrogen and oxygen atoms in total. The zero-order valence-corrected chi connectivity index (χ0v) is 7.47. The van der Waals surface area contributed by atoms with Crippen molar-refractivity contribution in [3.05, 3.63) is 43.0 Å². The predicted molar refractivity (Wildman–Crippen MR) is 51.2 cm³/mol. The molecule has 0 aliphatic rings. The molecular weight excluding hydrogens is 176 g/mol. The first-order chi connectivity index (χ1) is 6.76. The third kappa shape index (κ3) is 1.91. The summed E-state index contributed by atoms with van der Waals surface area (Å²) < 4.78 is 5.21. The van der Waals surface area contributed by atoms with Crippen LogP contribution in [-0.2, 0) is 0 Å². The highest BCUT2D eigenvalue weighted by Gasteiger charge is 2.27. The van der Waals surface area contributed by atoms with E-state index < -0.39 is 5.60 Å². The van der Waals surface area contributed by atoms with Crippen molar-refractivity contribution in [3.63, 3.8) is 0 Å². The Hall–Kier alpha value is -2.26. The van der Waals surface area contributed by atoms with E-state index in [0.29, 0.717) is 5.75 Å². The van der Waals surface area contributed by atoms with Crippen LogP contribution in [0.3, 0.4) is 0 Å². The second-order valence-electron chi connectivity index (χ2n) is 2.58. The van der Waals surface area contributed by atoms with Gasteiger partial charge in [-0.2, -0.15) is 10.5 Å². The molecular formula is C11H8N2O. The molecule has 3 heteroatoms. The fraction of sp³-hybridized carbons (Fsp3) is 0.0909. The van der Waals surface area contributed by atoms with Crippen LogP contribution in [0.25, 0.3) is 0 Å². The lowest BCUT2D eigenvalue weighted by Crippen LogP contribution is -2.29. The summed E-state index contributed by atoms with van der Waals surface area (Å²) >= 11 is 0. The van der Waals surface area contributed by atoms with Gasteiger partial charge in [-0.15, -0.1) is 0 Å². The molecule has 0 bridgehead atoms. The molecule has 0 aliphatic carbocycles. The van der Waals surface area contributed by atoms with E-state index in [1.807, 2.05) is 6.07 Å². The molecule has 1 rings (SSSR count). The second-order valence-corrected chi connectivity index (χ2v) is 2.58. The molecule has 0 amide bonds. The molecule has 0 aliphatic heterocycles. The number of para-hydroxylation sites is 1. The maximum atomic E-state index is 8.77. The number of rotatable bonds is 3. The highest BCUT2D eigenvalue weighted by molar-refractivity contribution is 5.32. The van der Waals surface area contributed by atoms with Gasteiger partial charge in [-0.1, -0.05) is 24.8 Å². The van der Waals surface area contributed by atoms with Crippen molar-refractivity contribution in [2.45, 2.75) is 5.60 Å². The molecule has 1 aromatic rings. The molecule has 14 heavy (non-hydrogen) atoms. The lowest BCUT2D eigenvalue weighted by molar-refractivity contribution is 0.237. The number of nitriles is 2. The summed E-state index contributed by atoms with van der Waals surface area (Å²) in [5, 5.41) is 17.5. The van der Waals surface area contributed by atoms with Crippen molar-refractivity contribution in [2.75, 3.05) is 0 Å². The van der Waals surface area contributed by atoms with Gasteiger partial charge in [0.15, 0.2) is 0 Å². The lowest BCUT2D eigenvalue weighted by Gasteiger charge is -2.15. The molecule has 0 spiro atoms. The summed E-state index contributed by atoms with van der Waals surface area (Å²) in [6.45, 7) is 3.40. The molecule has 0 atom stereocenters. The van der Waals surface area contributed by atoms with Gasteiger partial charge >= 0.3 is 0 Å². The third-order valence-corrected chi connectivity index (χ3v) is 1.64. The molecule has 0 fully saturated rings. The number of benzene rings is 1. The van der Waals surface area contributed by atoms with Crippen LogP contribution in [0.5, 0.6) is 5.75 Å². The Morgan fingerprint density at radius 2 is 1.79 bits per heavy atom. The quantitative estimate of drug-likeness (QED) is 0.675. The van der Waals surface area contributed by atoms with Crippen LogP contribution in [0.2, 0.25) is 0 Å². The molecule has 68 valence electrons. The molecule has 0 unspecified atom stereocenters. The number of nitrogens with zero attached hydrogens (tertiary/aromatic N) is 2. The second kappa shape index (κ2) is 4.11. The van der Waals surface area contributed by atoms with Gasteiger partial charge in [0.05, 0.1) is 0 Å². The average Bonchev–Trinajstić information content (AvgIpc) is 2.28. The van der Waals surface area contributed by atoms with E-state index in [2.05, 4.69) is 6.58 Å². The van der Waals surface area contributed by atoms with Gasteiger partial charge < -0.3 is 4.74 Å². The smallest absolute Gasteiger partial charge is 0.298 e. The van der Waals surface area contributed by atoms with Gasteiger partial charge in [0.25, 0.3) is 5.60 Å². The standard InChI is InChI=1S/C11H8N2O/c1-2-11(8-12,9-13)14-10-6-4-3-5-7-10/h2-7H,1H2. The zero-order chi connectivity index (χ0) is 10.4. The van der Waals surface area contributed by atoms with Crippen molar-refractivity contribution in [3.8, 4) is 17.9 Å². The number of ether oxygens (including phenoxy) is 1. The van der Waals surface area contributed by atoms with Gasteiger partial charge in [0, 0.05) is 0 Å². The highest BCUT2D eigenvalue weighted by atomic mass is 16.5. The van der Waals surface area contributed by atoms with E-state index in [1.165, 1.54) is 6.08 Å². The van der Waals surface area contributed by atoms with Crippen molar-refractivity contribution in [1.82, 2.24) is 0 Å².